The summed E-state index contributed by atoms with van der Waals surface area (Å²) in [5.74, 6) is -4.22. The van der Waals surface area contributed by atoms with E-state index in [0.717, 1.165) is 12.8 Å². The molecule has 5 heteroatoms. The van der Waals surface area contributed by atoms with Gasteiger partial charge in [0, 0.05) is 12.8 Å². The molecule has 0 bridgehead atoms. The van der Waals surface area contributed by atoms with Crippen molar-refractivity contribution in [1.29, 1.82) is 0 Å². The second-order valence-electron chi connectivity index (χ2n) is 5.16. The molecule has 0 aromatic heterocycles. The van der Waals surface area contributed by atoms with Crippen molar-refractivity contribution in [2.75, 3.05) is 0 Å². The minimum Gasteiger partial charge on any atom is -0.481 e. The first-order valence-electron chi connectivity index (χ1n) is 5.65. The van der Waals surface area contributed by atoms with Crippen LogP contribution >= 0.6 is 0 Å². The molecule has 0 amide bonds. The molecule has 0 aliphatic heterocycles. The first kappa shape index (κ1) is 11.8. The summed E-state index contributed by atoms with van der Waals surface area (Å²) in [7, 11) is 0. The Kier molecular flexibility index (Phi) is 2.49. The van der Waals surface area contributed by atoms with E-state index in [0.29, 0.717) is 12.8 Å². The van der Waals surface area contributed by atoms with Crippen molar-refractivity contribution in [2.24, 2.45) is 5.41 Å². The molecule has 1 unspecified atom stereocenters. The molecule has 1 atom stereocenters. The van der Waals surface area contributed by atoms with Crippen molar-refractivity contribution in [3.05, 3.63) is 0 Å². The zero-order chi connectivity index (χ0) is 12.0. The summed E-state index contributed by atoms with van der Waals surface area (Å²) in [6.45, 7) is 0. The summed E-state index contributed by atoms with van der Waals surface area (Å²) >= 11 is 0. The van der Waals surface area contributed by atoms with Gasteiger partial charge in [0.2, 0.25) is 5.92 Å². The standard InChI is InChI=1S/C11H16F2O3/c12-11(13)6-5-9(7-11,8(14)15)10(16)3-1-2-4-10/h16H,1-7H2,(H,14,15). The van der Waals surface area contributed by atoms with Crippen molar-refractivity contribution in [3.63, 3.8) is 0 Å². The molecular weight excluding hydrogens is 218 g/mol. The molecule has 2 fully saturated rings. The fraction of sp³-hybridized carbons (Fsp3) is 0.909. The molecule has 2 aliphatic rings. The fourth-order valence-electron chi connectivity index (χ4n) is 3.23. The smallest absolute Gasteiger partial charge is 0.312 e. The number of hydrogen-bond donors (Lipinski definition) is 2. The number of hydrogen-bond acceptors (Lipinski definition) is 2. The Morgan fingerprint density at radius 2 is 1.62 bits per heavy atom. The quantitative estimate of drug-likeness (QED) is 0.770. The van der Waals surface area contributed by atoms with E-state index in [-0.39, 0.29) is 6.42 Å². The number of carboxylic acids is 1. The number of rotatable bonds is 2. The van der Waals surface area contributed by atoms with Gasteiger partial charge in [0.15, 0.2) is 0 Å². The average Bonchev–Trinajstić information content (AvgIpc) is 2.72. The lowest BCUT2D eigenvalue weighted by Crippen LogP contribution is -2.50. The predicted molar refractivity (Wildman–Crippen MR) is 52.3 cm³/mol. The normalized spacial score (nSPS) is 36.4. The lowest BCUT2D eigenvalue weighted by atomic mass is 9.69. The topological polar surface area (TPSA) is 57.5 Å². The van der Waals surface area contributed by atoms with Crippen LogP contribution in [0.4, 0.5) is 8.78 Å². The van der Waals surface area contributed by atoms with Crippen LogP contribution in [0.15, 0.2) is 0 Å². The van der Waals surface area contributed by atoms with E-state index >= 15 is 0 Å². The predicted octanol–water partition coefficient (Wildman–Crippen LogP) is 2.18. The summed E-state index contributed by atoms with van der Waals surface area (Å²) in [6, 6.07) is 0. The van der Waals surface area contributed by atoms with Gasteiger partial charge in [0.1, 0.15) is 5.41 Å². The van der Waals surface area contributed by atoms with Crippen LogP contribution in [0.5, 0.6) is 0 Å². The molecule has 0 aromatic carbocycles. The minimum atomic E-state index is -2.95. The van der Waals surface area contributed by atoms with Crippen LogP contribution in [0.25, 0.3) is 0 Å². The van der Waals surface area contributed by atoms with E-state index in [4.69, 9.17) is 0 Å². The summed E-state index contributed by atoms with van der Waals surface area (Å²) in [5.41, 5.74) is -3.06. The molecule has 0 heterocycles. The lowest BCUT2D eigenvalue weighted by molar-refractivity contribution is -0.172. The van der Waals surface area contributed by atoms with Gasteiger partial charge in [-0.25, -0.2) is 8.78 Å². The third kappa shape index (κ3) is 1.52. The highest BCUT2D eigenvalue weighted by atomic mass is 19.3. The minimum absolute atomic E-state index is 0.119. The largest absolute Gasteiger partial charge is 0.481 e. The Morgan fingerprint density at radius 1 is 1.06 bits per heavy atom. The SMILES string of the molecule is O=C(O)C1(C2(O)CCCC2)CCC(F)(F)C1. The lowest BCUT2D eigenvalue weighted by Gasteiger charge is -2.39. The van der Waals surface area contributed by atoms with Crippen LogP contribution in [0.3, 0.4) is 0 Å². The Balaban J connectivity index is 2.34. The Hall–Kier alpha value is -0.710. The summed E-state index contributed by atoms with van der Waals surface area (Å²) < 4.78 is 26.5. The molecule has 2 saturated carbocycles. The van der Waals surface area contributed by atoms with Crippen molar-refractivity contribution >= 4 is 5.97 Å². The molecular formula is C11H16F2O3. The molecule has 16 heavy (non-hydrogen) atoms. The van der Waals surface area contributed by atoms with Crippen molar-refractivity contribution < 1.29 is 23.8 Å². The molecule has 0 spiro atoms. The molecule has 2 aliphatic carbocycles. The first-order valence-corrected chi connectivity index (χ1v) is 5.65. The number of halogens is 2. The van der Waals surface area contributed by atoms with E-state index in [1.165, 1.54) is 0 Å². The van der Waals surface area contributed by atoms with Gasteiger partial charge in [-0.3, -0.25) is 4.79 Å². The summed E-state index contributed by atoms with van der Waals surface area (Å²) in [6.07, 6.45) is 0.832. The molecule has 3 nitrogen and oxygen atoms in total. The highest BCUT2D eigenvalue weighted by Gasteiger charge is 2.64. The second-order valence-corrected chi connectivity index (χ2v) is 5.16. The van der Waals surface area contributed by atoms with Gasteiger partial charge in [0.05, 0.1) is 5.60 Å². The van der Waals surface area contributed by atoms with Crippen molar-refractivity contribution in [2.45, 2.75) is 56.5 Å². The maximum Gasteiger partial charge on any atom is 0.312 e. The zero-order valence-corrected chi connectivity index (χ0v) is 9.01. The molecule has 0 aromatic rings. The van der Waals surface area contributed by atoms with Crippen LogP contribution in [0.2, 0.25) is 0 Å². The number of aliphatic hydroxyl groups is 1. The van der Waals surface area contributed by atoms with Crippen LogP contribution in [0.1, 0.15) is 44.9 Å². The molecule has 92 valence electrons. The van der Waals surface area contributed by atoms with Gasteiger partial charge >= 0.3 is 5.97 Å². The number of carbonyl (C=O) groups is 1. The monoisotopic (exact) mass is 234 g/mol. The van der Waals surface area contributed by atoms with E-state index in [1.807, 2.05) is 0 Å². The Labute approximate surface area is 92.5 Å². The van der Waals surface area contributed by atoms with Crippen molar-refractivity contribution in [3.8, 4) is 0 Å². The number of alkyl halides is 2. The summed E-state index contributed by atoms with van der Waals surface area (Å²) in [4.78, 5) is 11.3. The number of aliphatic carboxylic acids is 1. The molecule has 0 saturated heterocycles. The number of carboxylic acid groups (broad SMARTS) is 1. The molecule has 2 rings (SSSR count). The third-order valence-electron chi connectivity index (χ3n) is 4.21. The van der Waals surface area contributed by atoms with Crippen LogP contribution in [0, 0.1) is 5.41 Å². The van der Waals surface area contributed by atoms with Crippen LogP contribution in [-0.4, -0.2) is 27.7 Å². The fourth-order valence-corrected chi connectivity index (χ4v) is 3.23. The molecule has 2 N–H and O–H groups in total. The Bertz CT molecular complexity index is 310. The highest BCUT2D eigenvalue weighted by Crippen LogP contribution is 2.57. The third-order valence-corrected chi connectivity index (χ3v) is 4.21. The van der Waals surface area contributed by atoms with Crippen LogP contribution in [-0.2, 0) is 4.79 Å². The van der Waals surface area contributed by atoms with E-state index in [2.05, 4.69) is 0 Å². The van der Waals surface area contributed by atoms with Crippen molar-refractivity contribution in [1.82, 2.24) is 0 Å². The average molecular weight is 234 g/mol. The maximum atomic E-state index is 13.2. The van der Waals surface area contributed by atoms with Gasteiger partial charge in [-0.15, -0.1) is 0 Å². The van der Waals surface area contributed by atoms with Gasteiger partial charge in [-0.1, -0.05) is 12.8 Å². The summed E-state index contributed by atoms with van der Waals surface area (Å²) in [5, 5.41) is 19.6. The van der Waals surface area contributed by atoms with E-state index < -0.39 is 35.7 Å². The zero-order valence-electron chi connectivity index (χ0n) is 9.01. The van der Waals surface area contributed by atoms with Crippen LogP contribution < -0.4 is 0 Å². The Morgan fingerprint density at radius 3 is 2.00 bits per heavy atom. The molecule has 0 radical (unpaired) electrons. The van der Waals surface area contributed by atoms with Gasteiger partial charge in [-0.05, 0) is 19.3 Å². The van der Waals surface area contributed by atoms with E-state index in [9.17, 15) is 23.8 Å². The maximum absolute atomic E-state index is 13.2. The van der Waals surface area contributed by atoms with Gasteiger partial charge in [0.25, 0.3) is 0 Å². The van der Waals surface area contributed by atoms with Gasteiger partial charge in [-0.2, -0.15) is 0 Å². The highest BCUT2D eigenvalue weighted by molar-refractivity contribution is 5.77. The first-order chi connectivity index (χ1) is 7.31. The van der Waals surface area contributed by atoms with E-state index in [1.54, 1.807) is 0 Å². The second kappa shape index (κ2) is 3.39. The van der Waals surface area contributed by atoms with Gasteiger partial charge < -0.3 is 10.2 Å².